The Morgan fingerprint density at radius 3 is 2.34 bits per heavy atom. The van der Waals surface area contributed by atoms with Gasteiger partial charge in [-0.3, -0.25) is 9.59 Å². The number of likely N-dealkylation sites (N-methyl/N-ethyl adjacent to an activating group) is 1. The first-order valence-electron chi connectivity index (χ1n) is 20.6. The average molecular weight is 823 g/mol. The Kier molecular flexibility index (Phi) is 17.4. The standard InChI is InChI=1S/C42H66N2O14/c1-10-11-31(47)56-40-25(5)54-33(20-42(40,6)51)57-38-24(4)55-41(36(50)34(38)44(7)8)58-37-22(2)16-27(14-15-45)35(49)29-13-12-26(18-28(29)21-43)17-23(3)53-32(48)19-30(46)39(37)52-9/h12-13,15,18,22-27,29-30,33-41,46,49-51H,10-11,14,16-17,19-20H2,1-9H3/t22-,23+,24+,25-,26?,27+,29?,30+,33-,34+,35+,36+,37-,38+,39+,40-,41-,42+/m0/s1. The number of hydrogen-bond acceptors (Lipinski definition) is 16. The number of rotatable bonds is 11. The summed E-state index contributed by atoms with van der Waals surface area (Å²) in [5.41, 5.74) is -1.14. The molecule has 2 bridgehead atoms. The van der Waals surface area contributed by atoms with Gasteiger partial charge in [0.25, 0.3) is 0 Å². The summed E-state index contributed by atoms with van der Waals surface area (Å²) in [5, 5.41) is 56.7. The lowest BCUT2D eigenvalue weighted by Crippen LogP contribution is -2.66. The van der Waals surface area contributed by atoms with E-state index in [4.69, 9.17) is 33.2 Å². The van der Waals surface area contributed by atoms with E-state index in [9.17, 15) is 40.1 Å². The number of aliphatic hydroxyl groups excluding tert-OH is 3. The second-order valence-corrected chi connectivity index (χ2v) is 17.0. The highest BCUT2D eigenvalue weighted by atomic mass is 16.7. The van der Waals surface area contributed by atoms with Crippen molar-refractivity contribution in [1.82, 2.24) is 4.90 Å². The van der Waals surface area contributed by atoms with E-state index in [-0.39, 0.29) is 31.6 Å². The number of allylic oxidation sites excluding steroid dienone is 2. The number of carbonyl (C=O) groups is 3. The van der Waals surface area contributed by atoms with E-state index in [1.165, 1.54) is 7.11 Å². The smallest absolute Gasteiger partial charge is 0.308 e. The van der Waals surface area contributed by atoms with Crippen LogP contribution in [0.5, 0.6) is 0 Å². The molecule has 0 aromatic heterocycles. The Bertz CT molecular complexity index is 1480. The predicted molar refractivity (Wildman–Crippen MR) is 207 cm³/mol. The van der Waals surface area contributed by atoms with E-state index in [0.29, 0.717) is 24.7 Å². The molecule has 5 rings (SSSR count). The first-order valence-corrected chi connectivity index (χ1v) is 20.6. The highest BCUT2D eigenvalue weighted by Gasteiger charge is 2.52. The third-order valence-electron chi connectivity index (χ3n) is 11.9. The number of nitriles is 1. The minimum absolute atomic E-state index is 0.0355. The molecule has 5 aliphatic rings. The molecule has 0 amide bonds. The topological polar surface area (TPSA) is 224 Å². The number of methoxy groups -OCH3 is 1. The van der Waals surface area contributed by atoms with Gasteiger partial charge in [-0.05, 0) is 78.8 Å². The van der Waals surface area contributed by atoms with E-state index in [0.717, 1.165) is 0 Å². The summed E-state index contributed by atoms with van der Waals surface area (Å²) in [6.07, 6.45) is -5.29. The first kappa shape index (κ1) is 47.9. The van der Waals surface area contributed by atoms with Crippen LogP contribution in [0, 0.1) is 35.0 Å². The maximum absolute atomic E-state index is 13.1. The normalized spacial score (nSPS) is 42.9. The van der Waals surface area contributed by atoms with E-state index in [1.54, 1.807) is 65.8 Å². The van der Waals surface area contributed by atoms with Gasteiger partial charge in [0.2, 0.25) is 0 Å². The molecule has 1 aliphatic carbocycles. The largest absolute Gasteiger partial charge is 0.463 e. The lowest BCUT2D eigenvalue weighted by molar-refractivity contribution is -0.344. The van der Waals surface area contributed by atoms with Crippen molar-refractivity contribution >= 4 is 18.2 Å². The number of fused-ring (bicyclic) bond motifs is 11. The van der Waals surface area contributed by atoms with Crippen molar-refractivity contribution in [3.63, 3.8) is 0 Å². The Hall–Kier alpha value is -2.82. The summed E-state index contributed by atoms with van der Waals surface area (Å²) in [5.74, 6) is -3.26. The van der Waals surface area contributed by atoms with Crippen LogP contribution in [0.3, 0.4) is 0 Å². The lowest BCUT2D eigenvalue weighted by Gasteiger charge is -2.50. The van der Waals surface area contributed by atoms with Gasteiger partial charge in [0.1, 0.15) is 30.2 Å². The number of aldehydes is 1. The van der Waals surface area contributed by atoms with Gasteiger partial charge < -0.3 is 63.3 Å². The van der Waals surface area contributed by atoms with Gasteiger partial charge in [0, 0.05) is 37.9 Å². The SMILES string of the molecule is CCCC(=O)O[C@H]1[C@H](C)O[C@@H](O[C@H]2[C@H](N(C)C)[C@@H](O)[C@H](O[C@@H]3[C@H](OC)[C@H](O)CC(=O)O[C@H](C)CC4C=CC(C(C#N)=C4)[C@H](O)[C@H](CC=O)C[C@@H]3C)O[C@@H]2C)C[C@@]1(C)O. The van der Waals surface area contributed by atoms with Gasteiger partial charge in [-0.25, -0.2) is 0 Å². The van der Waals surface area contributed by atoms with E-state index in [1.807, 2.05) is 13.0 Å². The van der Waals surface area contributed by atoms with Gasteiger partial charge in [0.15, 0.2) is 18.7 Å². The predicted octanol–water partition coefficient (Wildman–Crippen LogP) is 2.34. The van der Waals surface area contributed by atoms with Gasteiger partial charge in [-0.1, -0.05) is 32.1 Å². The number of aliphatic hydroxyl groups is 4. The fourth-order valence-corrected chi connectivity index (χ4v) is 9.02. The van der Waals surface area contributed by atoms with E-state index in [2.05, 4.69) is 6.07 Å². The Morgan fingerprint density at radius 1 is 1.03 bits per heavy atom. The molecule has 16 heteroatoms. The lowest BCUT2D eigenvalue weighted by atomic mass is 9.75. The van der Waals surface area contributed by atoms with Crippen molar-refractivity contribution in [2.75, 3.05) is 21.2 Å². The summed E-state index contributed by atoms with van der Waals surface area (Å²) in [4.78, 5) is 39.2. The summed E-state index contributed by atoms with van der Waals surface area (Å²) in [6.45, 7) is 10.4. The van der Waals surface area contributed by atoms with Crippen LogP contribution in [-0.2, 0) is 47.5 Å². The van der Waals surface area contributed by atoms with Crippen LogP contribution in [0.15, 0.2) is 23.8 Å². The summed E-state index contributed by atoms with van der Waals surface area (Å²) in [7, 11) is 4.87. The molecule has 0 spiro atoms. The molecule has 0 aromatic carbocycles. The number of nitrogens with zero attached hydrogens (tertiary/aromatic N) is 2. The number of ether oxygens (including phenoxy) is 7. The van der Waals surface area contributed by atoms with Crippen LogP contribution in [0.2, 0.25) is 0 Å². The molecule has 0 saturated carbocycles. The molecule has 4 aliphatic heterocycles. The van der Waals surface area contributed by atoms with Crippen LogP contribution in [0.1, 0.15) is 86.5 Å². The summed E-state index contributed by atoms with van der Waals surface area (Å²) >= 11 is 0. The molecule has 0 radical (unpaired) electrons. The Balaban J connectivity index is 1.62. The zero-order chi connectivity index (χ0) is 43.1. The molecule has 4 heterocycles. The van der Waals surface area contributed by atoms with Gasteiger partial charge >= 0.3 is 11.9 Å². The van der Waals surface area contributed by atoms with E-state index >= 15 is 0 Å². The third-order valence-corrected chi connectivity index (χ3v) is 11.9. The monoisotopic (exact) mass is 822 g/mol. The first-order chi connectivity index (χ1) is 27.3. The fraction of sp³-hybridized carbons (Fsp3) is 0.810. The minimum atomic E-state index is -1.49. The molecule has 58 heavy (non-hydrogen) atoms. The van der Waals surface area contributed by atoms with Crippen molar-refractivity contribution in [2.24, 2.45) is 23.7 Å². The molecule has 2 saturated heterocycles. The summed E-state index contributed by atoms with van der Waals surface area (Å²) in [6, 6.07) is 1.44. The zero-order valence-corrected chi connectivity index (χ0v) is 35.3. The molecule has 2 unspecified atom stereocenters. The van der Waals surface area contributed by atoms with Crippen molar-refractivity contribution in [3.8, 4) is 6.07 Å². The average Bonchev–Trinajstić information content (AvgIpc) is 3.13. The number of carbonyl (C=O) groups excluding carboxylic acids is 3. The van der Waals surface area contributed by atoms with E-state index < -0.39 is 121 Å². The second-order valence-electron chi connectivity index (χ2n) is 17.0. The van der Waals surface area contributed by atoms with Crippen molar-refractivity contribution in [3.05, 3.63) is 23.8 Å². The summed E-state index contributed by atoms with van der Waals surface area (Å²) < 4.78 is 42.6. The molecule has 18 atom stereocenters. The number of esters is 2. The molecule has 4 N–H and O–H groups in total. The molecule has 0 aromatic rings. The quantitative estimate of drug-likeness (QED) is 0.133. The molecule has 16 nitrogen and oxygen atoms in total. The van der Waals surface area contributed by atoms with Crippen LogP contribution in [-0.4, -0.2) is 150 Å². The zero-order valence-electron chi connectivity index (χ0n) is 35.3. The highest BCUT2D eigenvalue weighted by Crippen LogP contribution is 2.39. The van der Waals surface area contributed by atoms with Crippen LogP contribution >= 0.6 is 0 Å². The van der Waals surface area contributed by atoms with Crippen molar-refractivity contribution in [1.29, 1.82) is 5.26 Å². The molecule has 328 valence electrons. The Morgan fingerprint density at radius 2 is 1.74 bits per heavy atom. The minimum Gasteiger partial charge on any atom is -0.463 e. The highest BCUT2D eigenvalue weighted by molar-refractivity contribution is 5.70. The van der Waals surface area contributed by atoms with Crippen LogP contribution in [0.25, 0.3) is 0 Å². The second kappa shape index (κ2) is 21.1. The van der Waals surface area contributed by atoms with Crippen LogP contribution in [0.4, 0.5) is 0 Å². The maximum atomic E-state index is 13.1. The Labute approximate surface area is 342 Å². The molecule has 2 fully saturated rings. The van der Waals surface area contributed by atoms with Gasteiger partial charge in [0.05, 0.1) is 55.2 Å². The van der Waals surface area contributed by atoms with Gasteiger partial charge in [-0.2, -0.15) is 5.26 Å². The molecular weight excluding hydrogens is 756 g/mol. The van der Waals surface area contributed by atoms with Crippen LogP contribution < -0.4 is 0 Å². The van der Waals surface area contributed by atoms with Crippen molar-refractivity contribution < 1.29 is 68.0 Å². The maximum Gasteiger partial charge on any atom is 0.308 e. The van der Waals surface area contributed by atoms with Gasteiger partial charge in [-0.15, -0.1) is 0 Å². The molecular formula is C42H66N2O14. The fourth-order valence-electron chi connectivity index (χ4n) is 9.02. The third kappa shape index (κ3) is 11.7. The van der Waals surface area contributed by atoms with Crippen molar-refractivity contribution in [2.45, 2.75) is 172 Å². The number of hydrogen-bond donors (Lipinski definition) is 4.